The van der Waals surface area contributed by atoms with Crippen molar-refractivity contribution in [1.29, 1.82) is 0 Å². The lowest BCUT2D eigenvalue weighted by atomic mass is 9.97. The normalized spacial score (nSPS) is 15.0. The maximum Gasteiger partial charge on any atom is 0.340 e. The van der Waals surface area contributed by atoms with E-state index in [0.29, 0.717) is 25.9 Å². The lowest BCUT2D eigenvalue weighted by Gasteiger charge is -2.30. The van der Waals surface area contributed by atoms with Crippen LogP contribution in [0.15, 0.2) is 12.1 Å². The van der Waals surface area contributed by atoms with Gasteiger partial charge in [0.2, 0.25) is 0 Å². The first kappa shape index (κ1) is 18.0. The third-order valence-corrected chi connectivity index (χ3v) is 4.09. The number of halogens is 2. The summed E-state index contributed by atoms with van der Waals surface area (Å²) in [4.78, 5) is 36.1. The lowest BCUT2D eigenvalue weighted by molar-refractivity contribution is -0.143. The maximum absolute atomic E-state index is 13.8. The van der Waals surface area contributed by atoms with Crippen molar-refractivity contribution in [3.63, 3.8) is 0 Å². The maximum atomic E-state index is 13.8. The minimum absolute atomic E-state index is 0.146. The zero-order chi connectivity index (χ0) is 17.9. The topological polar surface area (TPSA) is 95.9 Å². The molecule has 1 saturated heterocycles. The van der Waals surface area contributed by atoms with Crippen molar-refractivity contribution in [2.45, 2.75) is 12.8 Å². The molecule has 1 aromatic rings. The third-order valence-electron chi connectivity index (χ3n) is 3.82. The van der Waals surface area contributed by atoms with E-state index in [-0.39, 0.29) is 16.3 Å². The van der Waals surface area contributed by atoms with Crippen LogP contribution >= 0.6 is 11.6 Å². The molecular formula is C15H16ClFN2O5. The number of hydrogen-bond donors (Lipinski definition) is 2. The number of hydrogen-bond acceptors (Lipinski definition) is 4. The summed E-state index contributed by atoms with van der Waals surface area (Å²) in [5.74, 6) is -3.17. The highest BCUT2D eigenvalue weighted by Gasteiger charge is 2.27. The van der Waals surface area contributed by atoms with E-state index in [1.807, 2.05) is 0 Å². The Morgan fingerprint density at radius 2 is 1.96 bits per heavy atom. The number of aliphatic carboxylic acids is 1. The van der Waals surface area contributed by atoms with Crippen molar-refractivity contribution in [3.8, 4) is 0 Å². The molecule has 1 aliphatic rings. The molecule has 0 unspecified atom stereocenters. The smallest absolute Gasteiger partial charge is 0.340 e. The molecule has 0 aliphatic carbocycles. The zero-order valence-electron chi connectivity index (χ0n) is 12.8. The molecule has 2 amide bonds. The summed E-state index contributed by atoms with van der Waals surface area (Å²) in [5.41, 5.74) is -0.239. The van der Waals surface area contributed by atoms with Crippen LogP contribution in [-0.2, 0) is 9.53 Å². The molecule has 1 heterocycles. The number of carbonyl (C=O) groups is 3. The quantitative estimate of drug-likeness (QED) is 0.810. The molecule has 1 aromatic carbocycles. The fourth-order valence-corrected chi connectivity index (χ4v) is 2.67. The highest BCUT2D eigenvalue weighted by Crippen LogP contribution is 2.25. The van der Waals surface area contributed by atoms with Gasteiger partial charge in [-0.05, 0) is 25.0 Å². The summed E-state index contributed by atoms with van der Waals surface area (Å²) in [6.45, 7) is 0.586. The number of amides is 2. The van der Waals surface area contributed by atoms with Gasteiger partial charge in [0, 0.05) is 18.8 Å². The Morgan fingerprint density at radius 1 is 1.33 bits per heavy atom. The number of carboxylic acid groups (broad SMARTS) is 1. The van der Waals surface area contributed by atoms with Gasteiger partial charge in [-0.15, -0.1) is 0 Å². The van der Waals surface area contributed by atoms with E-state index in [9.17, 15) is 18.8 Å². The van der Waals surface area contributed by atoms with Crippen molar-refractivity contribution in [2.75, 3.05) is 25.5 Å². The molecule has 9 heteroatoms. The highest BCUT2D eigenvalue weighted by molar-refractivity contribution is 6.31. The zero-order valence-corrected chi connectivity index (χ0v) is 13.6. The standard InChI is InChI=1S/C15H16ClFN2O5/c1-24-14(22)10-6-9(7-11(16)12(10)17)18-15(23)19-4-2-8(3-5-19)13(20)21/h6-8H,2-5H2,1H3,(H,18,23)(H,20,21). The van der Waals surface area contributed by atoms with Crippen LogP contribution in [0.1, 0.15) is 23.2 Å². The van der Waals surface area contributed by atoms with E-state index < -0.39 is 29.7 Å². The van der Waals surface area contributed by atoms with Gasteiger partial charge in [-0.25, -0.2) is 14.0 Å². The van der Waals surface area contributed by atoms with Gasteiger partial charge in [-0.2, -0.15) is 0 Å². The number of rotatable bonds is 3. The molecule has 2 rings (SSSR count). The second-order valence-corrected chi connectivity index (χ2v) is 5.75. The van der Waals surface area contributed by atoms with Gasteiger partial charge < -0.3 is 20.1 Å². The number of carbonyl (C=O) groups excluding carboxylic acids is 2. The van der Waals surface area contributed by atoms with Crippen LogP contribution in [0, 0.1) is 11.7 Å². The molecule has 24 heavy (non-hydrogen) atoms. The number of ether oxygens (including phenoxy) is 1. The summed E-state index contributed by atoms with van der Waals surface area (Å²) in [5, 5.41) is 11.2. The molecule has 0 radical (unpaired) electrons. The molecule has 2 N–H and O–H groups in total. The number of nitrogens with one attached hydrogen (secondary N) is 1. The number of esters is 1. The number of methoxy groups -OCH3 is 1. The van der Waals surface area contributed by atoms with E-state index in [4.69, 9.17) is 16.7 Å². The first-order chi connectivity index (χ1) is 11.3. The van der Waals surface area contributed by atoms with Crippen molar-refractivity contribution < 1.29 is 28.6 Å². The summed E-state index contributed by atoms with van der Waals surface area (Å²) < 4.78 is 18.3. The Morgan fingerprint density at radius 3 is 2.50 bits per heavy atom. The summed E-state index contributed by atoms with van der Waals surface area (Å²) in [6, 6.07) is 1.84. The predicted molar refractivity (Wildman–Crippen MR) is 83.7 cm³/mol. The fraction of sp³-hybridized carbons (Fsp3) is 0.400. The number of carboxylic acids is 1. The SMILES string of the molecule is COC(=O)c1cc(NC(=O)N2CCC(C(=O)O)CC2)cc(Cl)c1F. The molecule has 0 bridgehead atoms. The summed E-state index contributed by atoms with van der Waals surface area (Å²) >= 11 is 5.73. The molecule has 1 aliphatic heterocycles. The van der Waals surface area contributed by atoms with Crippen LogP contribution in [0.4, 0.5) is 14.9 Å². The number of likely N-dealkylation sites (tertiary alicyclic amines) is 1. The van der Waals surface area contributed by atoms with Gasteiger partial charge in [-0.1, -0.05) is 11.6 Å². The predicted octanol–water partition coefficient (Wildman–Crippen LogP) is 2.59. The Hall–Kier alpha value is -2.35. The van der Waals surface area contributed by atoms with Crippen LogP contribution in [0.5, 0.6) is 0 Å². The first-order valence-corrected chi connectivity index (χ1v) is 7.57. The van der Waals surface area contributed by atoms with Crippen molar-refractivity contribution in [1.82, 2.24) is 4.90 Å². The van der Waals surface area contributed by atoms with E-state index in [1.54, 1.807) is 0 Å². The fourth-order valence-electron chi connectivity index (χ4n) is 2.45. The molecular weight excluding hydrogens is 343 g/mol. The molecule has 1 fully saturated rings. The Bertz CT molecular complexity index is 674. The van der Waals surface area contributed by atoms with Crippen molar-refractivity contribution in [2.24, 2.45) is 5.92 Å². The largest absolute Gasteiger partial charge is 0.481 e. The summed E-state index contributed by atoms with van der Waals surface area (Å²) in [6.07, 6.45) is 0.723. The second kappa shape index (κ2) is 7.48. The van der Waals surface area contributed by atoms with Crippen LogP contribution in [-0.4, -0.2) is 48.2 Å². The first-order valence-electron chi connectivity index (χ1n) is 7.19. The molecule has 7 nitrogen and oxygen atoms in total. The number of piperidine rings is 1. The van der Waals surface area contributed by atoms with Gasteiger partial charge in [0.1, 0.15) is 0 Å². The Balaban J connectivity index is 2.08. The number of urea groups is 1. The van der Waals surface area contributed by atoms with Gasteiger partial charge in [0.15, 0.2) is 5.82 Å². The average molecular weight is 359 g/mol. The minimum atomic E-state index is -0.927. The number of benzene rings is 1. The monoisotopic (exact) mass is 358 g/mol. The molecule has 0 saturated carbocycles. The number of anilines is 1. The van der Waals surface area contributed by atoms with Crippen LogP contribution in [0.3, 0.4) is 0 Å². The van der Waals surface area contributed by atoms with Gasteiger partial charge in [-0.3, -0.25) is 4.79 Å². The molecule has 0 atom stereocenters. The van der Waals surface area contributed by atoms with E-state index in [2.05, 4.69) is 10.1 Å². The minimum Gasteiger partial charge on any atom is -0.481 e. The van der Waals surface area contributed by atoms with Crippen molar-refractivity contribution >= 4 is 35.3 Å². The lowest BCUT2D eigenvalue weighted by Crippen LogP contribution is -2.42. The van der Waals surface area contributed by atoms with E-state index >= 15 is 0 Å². The van der Waals surface area contributed by atoms with Gasteiger partial charge >= 0.3 is 18.0 Å². The molecule has 0 aromatic heterocycles. The van der Waals surface area contributed by atoms with Crippen LogP contribution < -0.4 is 5.32 Å². The number of nitrogens with zero attached hydrogens (tertiary/aromatic N) is 1. The Kier molecular flexibility index (Phi) is 5.61. The van der Waals surface area contributed by atoms with E-state index in [1.165, 1.54) is 11.0 Å². The van der Waals surface area contributed by atoms with Crippen LogP contribution in [0.25, 0.3) is 0 Å². The highest BCUT2D eigenvalue weighted by atomic mass is 35.5. The third kappa shape index (κ3) is 3.94. The molecule has 0 spiro atoms. The van der Waals surface area contributed by atoms with Gasteiger partial charge in [0.25, 0.3) is 0 Å². The Labute approximate surface area is 142 Å². The van der Waals surface area contributed by atoms with Gasteiger partial charge in [0.05, 0.1) is 23.6 Å². The van der Waals surface area contributed by atoms with E-state index in [0.717, 1.165) is 13.2 Å². The van der Waals surface area contributed by atoms with Crippen molar-refractivity contribution in [3.05, 3.63) is 28.5 Å². The van der Waals surface area contributed by atoms with Crippen LogP contribution in [0.2, 0.25) is 5.02 Å². The summed E-state index contributed by atoms with van der Waals surface area (Å²) in [7, 11) is 1.10. The molecule has 130 valence electrons. The second-order valence-electron chi connectivity index (χ2n) is 5.34. The average Bonchev–Trinajstić information content (AvgIpc) is 2.57.